The lowest BCUT2D eigenvalue weighted by atomic mass is 9.91. The number of rotatable bonds is 46. The number of fused-ring (bicyclic) bond motifs is 4. The van der Waals surface area contributed by atoms with Gasteiger partial charge >= 0.3 is 17.9 Å². The number of aryl methyl sites for hydroxylation is 2. The molecule has 14 rings (SSSR count). The maximum Gasteiger partial charge on any atom is 0.329 e. The molecule has 4 bridgehead atoms. The highest BCUT2D eigenvalue weighted by molar-refractivity contribution is 9.11. The van der Waals surface area contributed by atoms with Crippen molar-refractivity contribution in [1.29, 1.82) is 0 Å². The van der Waals surface area contributed by atoms with E-state index in [1.54, 1.807) is 58.9 Å². The summed E-state index contributed by atoms with van der Waals surface area (Å²) >= 11 is 13.7. The van der Waals surface area contributed by atoms with Gasteiger partial charge in [0.1, 0.15) is 69.2 Å². The molecule has 10 heterocycles. The molecule has 0 aliphatic carbocycles. The molecule has 4 aromatic carbocycles. The van der Waals surface area contributed by atoms with Crippen molar-refractivity contribution in [2.45, 2.75) is 182 Å². The lowest BCUT2D eigenvalue weighted by molar-refractivity contribution is -0.157. The van der Waals surface area contributed by atoms with Gasteiger partial charge in [0.15, 0.2) is 11.9 Å². The number of hydrogen-bond donors (Lipinski definition) is 16. The van der Waals surface area contributed by atoms with E-state index >= 15 is 0 Å². The highest BCUT2D eigenvalue weighted by Crippen LogP contribution is 2.35. The Hall–Kier alpha value is -14.6. The molecular weight excluding hydrogens is 2180 g/mol. The number of likely N-dealkylation sites (tertiary alicyclic amines) is 2. The van der Waals surface area contributed by atoms with Crippen molar-refractivity contribution in [1.82, 2.24) is 70.9 Å². The van der Waals surface area contributed by atoms with Gasteiger partial charge in [-0.1, -0.05) is 42.5 Å². The number of primary amides is 4. The van der Waals surface area contributed by atoms with E-state index in [4.69, 9.17) is 37.1 Å². The third kappa shape index (κ3) is 31.7. The van der Waals surface area contributed by atoms with Gasteiger partial charge in [0.2, 0.25) is 94.7 Å². The van der Waals surface area contributed by atoms with Crippen molar-refractivity contribution in [3.63, 3.8) is 0 Å². The molecule has 12 amide bonds. The van der Waals surface area contributed by atoms with Crippen LogP contribution in [0.4, 0.5) is 75.5 Å². The van der Waals surface area contributed by atoms with Gasteiger partial charge < -0.3 is 111 Å². The van der Waals surface area contributed by atoms with Crippen molar-refractivity contribution < 1.29 is 90.9 Å². The lowest BCUT2D eigenvalue weighted by Crippen LogP contribution is -2.46. The van der Waals surface area contributed by atoms with Gasteiger partial charge in [0, 0.05) is 158 Å². The molecular formula is C98H119Br4N27O19. The number of carbonyl (C=O) groups excluding carboxylic acids is 16. The number of benzene rings is 4. The van der Waals surface area contributed by atoms with E-state index in [0.29, 0.717) is 212 Å². The Morgan fingerprint density at radius 1 is 0.392 bits per heavy atom. The van der Waals surface area contributed by atoms with Crippen LogP contribution < -0.4 is 91.6 Å². The van der Waals surface area contributed by atoms with Crippen LogP contribution >= 0.6 is 63.7 Å². The third-order valence-corrected chi connectivity index (χ3v) is 26.9. The van der Waals surface area contributed by atoms with Gasteiger partial charge in [0.25, 0.3) is 0 Å². The zero-order chi connectivity index (χ0) is 107. The maximum atomic E-state index is 12.7. The van der Waals surface area contributed by atoms with Crippen LogP contribution in [-0.4, -0.2) is 240 Å². The normalized spacial score (nSPS) is 16.3. The first-order chi connectivity index (χ1) is 70.2. The number of ether oxygens (including phenoxy) is 3. The van der Waals surface area contributed by atoms with Gasteiger partial charge in [-0.15, -0.1) is 0 Å². The maximum absolute atomic E-state index is 12.7. The number of imide groups is 1. The first-order valence-electron chi connectivity index (χ1n) is 47.7. The molecule has 46 nitrogen and oxygen atoms in total. The van der Waals surface area contributed by atoms with Crippen LogP contribution in [0.5, 0.6) is 0 Å². The van der Waals surface area contributed by atoms with E-state index in [0.717, 1.165) is 33.8 Å². The summed E-state index contributed by atoms with van der Waals surface area (Å²) in [7, 11) is 0. The molecule has 20 N–H and O–H groups in total. The van der Waals surface area contributed by atoms with Crippen LogP contribution in [-0.2, 0) is 110 Å². The minimum Gasteiger partial charge on any atom is -0.459 e. The van der Waals surface area contributed by atoms with E-state index in [-0.39, 0.29) is 85.2 Å². The number of nitrogens with two attached hydrogens (primary N) is 4. The third-order valence-electron chi connectivity index (χ3n) is 24.6. The molecule has 8 aromatic rings. The van der Waals surface area contributed by atoms with Gasteiger partial charge in [-0.2, -0.15) is 19.9 Å². The number of nitrogens with one attached hydrogen (secondary N) is 12. The summed E-state index contributed by atoms with van der Waals surface area (Å²) in [4.78, 5) is 230. The van der Waals surface area contributed by atoms with Crippen molar-refractivity contribution in [2.75, 3.05) is 113 Å². The summed E-state index contributed by atoms with van der Waals surface area (Å²) in [5.74, 6) is -2.19. The molecule has 6 aliphatic heterocycles. The zero-order valence-electron chi connectivity index (χ0n) is 82.6. The number of Topliss-reactive ketones (excluding diaryl/α,β-unsaturated/α-hetero) is 1. The van der Waals surface area contributed by atoms with Crippen LogP contribution in [0.15, 0.2) is 140 Å². The molecule has 6 fully saturated rings. The number of amides is 12. The van der Waals surface area contributed by atoms with Crippen LogP contribution in [0.3, 0.4) is 0 Å². The highest BCUT2D eigenvalue weighted by Gasteiger charge is 2.50. The largest absolute Gasteiger partial charge is 0.459 e. The van der Waals surface area contributed by atoms with Gasteiger partial charge in [-0.05, 0) is 229 Å². The number of esters is 3. The fourth-order valence-electron chi connectivity index (χ4n) is 15.1. The fraction of sp³-hybridized carbons (Fsp3) is 0.429. The Balaban J connectivity index is 0.000000188. The van der Waals surface area contributed by atoms with E-state index in [9.17, 15) is 76.7 Å². The molecule has 0 spiro atoms. The highest BCUT2D eigenvalue weighted by atomic mass is 79.9. The topological polar surface area (TPSA) is 662 Å². The summed E-state index contributed by atoms with van der Waals surface area (Å²) in [6.07, 6.45) is 12.1. The first-order valence-corrected chi connectivity index (χ1v) is 50.8. The van der Waals surface area contributed by atoms with Crippen molar-refractivity contribution in [3.05, 3.63) is 156 Å². The average molecular weight is 2300 g/mol. The molecule has 5 atom stereocenters. The number of ketones is 1. The van der Waals surface area contributed by atoms with Crippen molar-refractivity contribution in [3.8, 4) is 0 Å². The zero-order valence-corrected chi connectivity index (χ0v) is 89.0. The minimum absolute atomic E-state index is 0.0411. The van der Waals surface area contributed by atoms with Gasteiger partial charge in [0.05, 0.1) is 36.7 Å². The Morgan fingerprint density at radius 2 is 0.716 bits per heavy atom. The predicted octanol–water partition coefficient (Wildman–Crippen LogP) is 8.04. The second-order valence-corrected chi connectivity index (χ2v) is 40.7. The summed E-state index contributed by atoms with van der Waals surface area (Å²) < 4.78 is 18.0. The number of morpholine rings is 2. The summed E-state index contributed by atoms with van der Waals surface area (Å²) in [5.41, 5.74) is 22.1. The van der Waals surface area contributed by atoms with E-state index in [1.807, 2.05) is 72.8 Å². The Bertz CT molecular complexity index is 6070. The number of cyclic esters (lactones) is 1. The molecule has 4 aromatic heterocycles. The summed E-state index contributed by atoms with van der Waals surface area (Å²) in [6, 6.07) is 28.6. The van der Waals surface area contributed by atoms with Crippen LogP contribution in [0.2, 0.25) is 0 Å². The number of anilines is 13. The minimum atomic E-state index is -1.27. The summed E-state index contributed by atoms with van der Waals surface area (Å²) in [6.45, 7) is 16.4. The van der Waals surface area contributed by atoms with Crippen molar-refractivity contribution in [2.24, 2.45) is 44.6 Å². The second kappa shape index (κ2) is 52.2. The Kier molecular flexibility index (Phi) is 40.1. The second-order valence-electron chi connectivity index (χ2n) is 37.3. The fourth-order valence-corrected chi connectivity index (χ4v) is 16.4. The molecule has 148 heavy (non-hydrogen) atoms. The Morgan fingerprint density at radius 3 is 1.03 bits per heavy atom. The molecule has 0 unspecified atom stereocenters. The molecule has 0 saturated carbocycles. The molecule has 788 valence electrons. The first kappa shape index (κ1) is 114. The van der Waals surface area contributed by atoms with Gasteiger partial charge in [-0.25, -0.2) is 29.5 Å². The predicted molar refractivity (Wildman–Crippen MR) is 560 cm³/mol. The molecule has 50 heteroatoms. The number of nitrogens with zero attached hydrogens (tertiary/aromatic N) is 11. The van der Waals surface area contributed by atoms with E-state index in [2.05, 4.69) is 167 Å². The monoisotopic (exact) mass is 2290 g/mol. The molecule has 0 radical (unpaired) electrons. The van der Waals surface area contributed by atoms with Crippen LogP contribution in [0, 0.1) is 21.7 Å². The number of aromatic nitrogens is 8. The lowest BCUT2D eigenvalue weighted by Gasteiger charge is -2.25. The molecule has 6 aliphatic rings. The smallest absolute Gasteiger partial charge is 0.329 e. The van der Waals surface area contributed by atoms with Crippen LogP contribution in [0.1, 0.15) is 149 Å². The Labute approximate surface area is 885 Å². The van der Waals surface area contributed by atoms with Gasteiger partial charge in [-0.3, -0.25) is 72.0 Å². The van der Waals surface area contributed by atoms with E-state index < -0.39 is 87.1 Å². The SMILES string of the molecule is CC(C)(C(N)=O)C(=O)NCCCNc1nc(Nc2ccc(CC(=O)[C@@H]3CCC(=O)O3)cc2)ncc1Br.CC(C)(C(N)=O)C(=O)NCCCNc1nc(Nc2cccc(CCC(=O)N3C[C@@H]4C[C@H]3C(=O)O4)c2)ncc1Br.CC(C)(C(N)=O)C(=O)NCCCNc1nc(Nc2cccc(CCC(=O)N3C[C@H]4C[C@@H]3C(=O)O4)c2)ncc1Br.CC(C)(C(N)=O)C(=O)NCCCNc1nc(Nc2cccc(N3C(=O)CCC3=O)c2)ncc1Br. The van der Waals surface area contributed by atoms with Crippen molar-refractivity contribution >= 4 is 234 Å². The summed E-state index contributed by atoms with van der Waals surface area (Å²) in [5, 5.41) is 36.1. The standard InChI is InChI=1S/2C26H32BrN7O5.C24H29BrN6O5.C22H26BrN7O4/c2*1-26(2,23(28)37)24(38)30-10-4-9-29-21-18(27)13-31-25(33-21)32-16-6-3-5-15(11-16)7-8-20(35)34-14-17-12-19(34)22(36)39-17;1-24(2,21(26)34)22(35)28-11-3-10-27-20-16(25)13-29-23(31-20)30-15-6-4-14(5-7-15)12-17(32)18-8-9-19(33)36-18;1-22(2,19(24)33)20(34)26-10-4-9-25-18-15(23)12-27-21(29-18)28-13-5-3-6-14(11-13)30-16(31)7-8-17(30)32/h2*3,5-6,11,13,17,19H,4,7-10,12,14H2,1-2H3,(H2,28,37)(H,30,38)(H2,29,31,32,33);4-7,13,18H,3,8-12H2,1-2H3,(H2,26,34)(H,28,35)(H2,27,29,30,31);3,5-6,11-12H,4,7-10H2,1-2H3,(H2,24,33)(H,26,34)(H2,25,27,28,29)/t2*17-,19-;18-;/m100./s1. The number of halogens is 4. The van der Waals surface area contributed by atoms with Crippen LogP contribution in [0.25, 0.3) is 0 Å². The average Bonchev–Trinajstić information content (AvgIpc) is 1.64. The quantitative estimate of drug-likeness (QED) is 0.00564. The van der Waals surface area contributed by atoms with E-state index in [1.165, 1.54) is 60.3 Å². The number of carbonyl (C=O) groups is 16. The molecule has 6 saturated heterocycles. The number of hydrogen-bond acceptors (Lipinski definition) is 35.